The molecule has 1 saturated heterocycles. The zero-order valence-corrected chi connectivity index (χ0v) is 17.9. The Kier molecular flexibility index (Phi) is 6.75. The lowest BCUT2D eigenvalue weighted by Gasteiger charge is -2.35. The number of carbonyl (C=O) groups is 2. The lowest BCUT2D eigenvalue weighted by molar-refractivity contribution is 0.0622. The molecule has 1 aliphatic rings. The Morgan fingerprint density at radius 3 is 2.48 bits per heavy atom. The van der Waals surface area contributed by atoms with Gasteiger partial charge in [0, 0.05) is 49.0 Å². The van der Waals surface area contributed by atoms with E-state index in [1.807, 2.05) is 18.7 Å². The molecule has 3 rings (SSSR count). The Labute approximate surface area is 175 Å². The molecule has 0 unspecified atom stereocenters. The lowest BCUT2D eigenvalue weighted by atomic mass is 10.0. The number of benzene rings is 1. The number of carbonyl (C=O) groups excluding carboxylic acids is 2. The quantitative estimate of drug-likeness (QED) is 0.713. The highest BCUT2D eigenvalue weighted by Crippen LogP contribution is 2.24. The maximum atomic E-state index is 13.2. The predicted octanol–water partition coefficient (Wildman–Crippen LogP) is 4.23. The van der Waals surface area contributed by atoms with Gasteiger partial charge in [0.05, 0.1) is 0 Å². The molecule has 7 heteroatoms. The van der Waals surface area contributed by atoms with Gasteiger partial charge in [-0.15, -0.1) is 0 Å². The maximum Gasteiger partial charge on any atom is 0.270 e. The van der Waals surface area contributed by atoms with Gasteiger partial charge in [-0.1, -0.05) is 31.0 Å². The van der Waals surface area contributed by atoms with Gasteiger partial charge < -0.3 is 9.88 Å². The maximum absolute atomic E-state index is 13.2. The van der Waals surface area contributed by atoms with Crippen LogP contribution in [0.2, 0.25) is 5.02 Å². The van der Waals surface area contributed by atoms with E-state index in [9.17, 15) is 14.0 Å². The minimum atomic E-state index is -0.344. The SMILES string of the molecule is CCCc1c(C(=O)N2CCN(Cc3ccc(F)cc3Cl)CC2)[nH]c(C)c1C(C)=O. The van der Waals surface area contributed by atoms with Crippen LogP contribution in [0, 0.1) is 12.7 Å². The molecule has 2 aromatic rings. The van der Waals surface area contributed by atoms with Crippen molar-refractivity contribution in [2.24, 2.45) is 0 Å². The van der Waals surface area contributed by atoms with Crippen molar-refractivity contribution in [3.63, 3.8) is 0 Å². The molecular weight excluding hydrogens is 393 g/mol. The van der Waals surface area contributed by atoms with Crippen molar-refractivity contribution >= 4 is 23.3 Å². The molecule has 1 amide bonds. The van der Waals surface area contributed by atoms with Crippen molar-refractivity contribution in [1.82, 2.24) is 14.8 Å². The summed E-state index contributed by atoms with van der Waals surface area (Å²) in [5, 5.41) is 0.423. The van der Waals surface area contributed by atoms with E-state index in [4.69, 9.17) is 11.6 Å². The molecule has 0 saturated carbocycles. The van der Waals surface area contributed by atoms with Crippen LogP contribution in [0.15, 0.2) is 18.2 Å². The monoisotopic (exact) mass is 419 g/mol. The van der Waals surface area contributed by atoms with Crippen LogP contribution in [0.4, 0.5) is 4.39 Å². The molecule has 0 atom stereocenters. The van der Waals surface area contributed by atoms with Gasteiger partial charge in [-0.2, -0.15) is 0 Å². The van der Waals surface area contributed by atoms with Crippen LogP contribution < -0.4 is 0 Å². The zero-order valence-electron chi connectivity index (χ0n) is 17.1. The number of H-pyrrole nitrogens is 1. The number of piperazine rings is 1. The van der Waals surface area contributed by atoms with Crippen molar-refractivity contribution in [3.05, 3.63) is 57.1 Å². The zero-order chi connectivity index (χ0) is 21.1. The van der Waals surface area contributed by atoms with Crippen molar-refractivity contribution in [1.29, 1.82) is 0 Å². The summed E-state index contributed by atoms with van der Waals surface area (Å²) in [7, 11) is 0. The van der Waals surface area contributed by atoms with E-state index in [2.05, 4.69) is 9.88 Å². The van der Waals surface area contributed by atoms with E-state index in [-0.39, 0.29) is 17.5 Å². The van der Waals surface area contributed by atoms with E-state index < -0.39 is 0 Å². The van der Waals surface area contributed by atoms with E-state index in [0.717, 1.165) is 23.2 Å². The van der Waals surface area contributed by atoms with Gasteiger partial charge in [-0.25, -0.2) is 4.39 Å². The Balaban J connectivity index is 1.69. The van der Waals surface area contributed by atoms with Crippen molar-refractivity contribution in [3.8, 4) is 0 Å². The van der Waals surface area contributed by atoms with E-state index in [1.54, 1.807) is 13.0 Å². The molecule has 156 valence electrons. The highest BCUT2D eigenvalue weighted by Gasteiger charge is 2.28. The van der Waals surface area contributed by atoms with Gasteiger partial charge in [0.25, 0.3) is 5.91 Å². The fraction of sp³-hybridized carbons (Fsp3) is 0.455. The minimum absolute atomic E-state index is 0.0118. The number of aromatic amines is 1. The smallest absolute Gasteiger partial charge is 0.270 e. The third-order valence-corrected chi connectivity index (χ3v) is 5.78. The number of amides is 1. The first kappa shape index (κ1) is 21.5. The number of nitrogens with zero attached hydrogens (tertiary/aromatic N) is 2. The fourth-order valence-corrected chi connectivity index (χ4v) is 4.22. The Morgan fingerprint density at radius 2 is 1.90 bits per heavy atom. The minimum Gasteiger partial charge on any atom is -0.354 e. The van der Waals surface area contributed by atoms with Crippen LogP contribution in [-0.2, 0) is 13.0 Å². The highest BCUT2D eigenvalue weighted by atomic mass is 35.5. The first-order valence-electron chi connectivity index (χ1n) is 9.99. The van der Waals surface area contributed by atoms with Crippen molar-refractivity contribution < 1.29 is 14.0 Å². The summed E-state index contributed by atoms with van der Waals surface area (Å²) < 4.78 is 13.2. The molecule has 1 aromatic heterocycles. The van der Waals surface area contributed by atoms with Gasteiger partial charge in [-0.05, 0) is 43.5 Å². The van der Waals surface area contributed by atoms with Gasteiger partial charge in [-0.3, -0.25) is 14.5 Å². The number of ketones is 1. The summed E-state index contributed by atoms with van der Waals surface area (Å²) in [6.07, 6.45) is 1.56. The molecule has 0 aliphatic carbocycles. The molecule has 0 spiro atoms. The molecule has 29 heavy (non-hydrogen) atoms. The normalized spacial score (nSPS) is 15.0. The third kappa shape index (κ3) is 4.70. The molecular formula is C22H27ClFN3O2. The molecule has 0 bridgehead atoms. The van der Waals surface area contributed by atoms with Gasteiger partial charge in [0.1, 0.15) is 11.5 Å². The van der Waals surface area contributed by atoms with E-state index >= 15 is 0 Å². The van der Waals surface area contributed by atoms with Gasteiger partial charge in [0.15, 0.2) is 5.78 Å². The average Bonchev–Trinajstić information content (AvgIpc) is 3.00. The van der Waals surface area contributed by atoms with E-state index in [1.165, 1.54) is 12.1 Å². The summed E-state index contributed by atoms with van der Waals surface area (Å²) in [5.41, 5.74) is 3.67. The summed E-state index contributed by atoms with van der Waals surface area (Å²) in [6, 6.07) is 4.44. The van der Waals surface area contributed by atoms with Crippen LogP contribution in [-0.4, -0.2) is 52.7 Å². The molecule has 1 fully saturated rings. The molecule has 1 N–H and O–H groups in total. The fourth-order valence-electron chi connectivity index (χ4n) is 3.99. The molecule has 0 radical (unpaired) electrons. The summed E-state index contributed by atoms with van der Waals surface area (Å²) in [4.78, 5) is 32.4. The Bertz CT molecular complexity index is 917. The van der Waals surface area contributed by atoms with Crippen LogP contribution in [0.1, 0.15) is 57.9 Å². The number of rotatable bonds is 6. The highest BCUT2D eigenvalue weighted by molar-refractivity contribution is 6.31. The van der Waals surface area contributed by atoms with Crippen LogP contribution in [0.5, 0.6) is 0 Å². The Morgan fingerprint density at radius 1 is 1.21 bits per heavy atom. The molecule has 2 heterocycles. The standard InChI is InChI=1S/C22H27ClFN3O2/c1-4-5-18-20(15(3)28)14(2)25-21(18)22(29)27-10-8-26(9-11-27)13-16-6-7-17(24)12-19(16)23/h6-7,12,25H,4-5,8-11,13H2,1-3H3. The molecule has 5 nitrogen and oxygen atoms in total. The van der Waals surface area contributed by atoms with Crippen LogP contribution >= 0.6 is 11.6 Å². The largest absolute Gasteiger partial charge is 0.354 e. The van der Waals surface area contributed by atoms with E-state index in [0.29, 0.717) is 55.4 Å². The second-order valence-electron chi connectivity index (χ2n) is 7.59. The Hall–Kier alpha value is -2.18. The lowest BCUT2D eigenvalue weighted by Crippen LogP contribution is -2.48. The first-order valence-corrected chi connectivity index (χ1v) is 10.4. The summed E-state index contributed by atoms with van der Waals surface area (Å²) in [5.74, 6) is -0.408. The molecule has 1 aliphatic heterocycles. The van der Waals surface area contributed by atoms with Crippen molar-refractivity contribution in [2.75, 3.05) is 26.2 Å². The van der Waals surface area contributed by atoms with Gasteiger partial charge in [0.2, 0.25) is 0 Å². The second-order valence-corrected chi connectivity index (χ2v) is 8.00. The average molecular weight is 420 g/mol. The number of nitrogens with one attached hydrogen (secondary N) is 1. The molecule has 1 aromatic carbocycles. The number of hydrogen-bond acceptors (Lipinski definition) is 3. The second kappa shape index (κ2) is 9.09. The summed E-state index contributed by atoms with van der Waals surface area (Å²) >= 11 is 6.13. The third-order valence-electron chi connectivity index (χ3n) is 5.43. The number of hydrogen-bond donors (Lipinski definition) is 1. The van der Waals surface area contributed by atoms with Crippen molar-refractivity contribution in [2.45, 2.75) is 40.2 Å². The number of Topliss-reactive ketones (excluding diaryl/α,β-unsaturated/α-hetero) is 1. The van der Waals surface area contributed by atoms with Crippen LogP contribution in [0.3, 0.4) is 0 Å². The topological polar surface area (TPSA) is 56.4 Å². The number of aromatic nitrogens is 1. The predicted molar refractivity (Wildman–Crippen MR) is 112 cm³/mol. The van der Waals surface area contributed by atoms with Crippen LogP contribution in [0.25, 0.3) is 0 Å². The number of aryl methyl sites for hydroxylation is 1. The number of halogens is 2. The first-order chi connectivity index (χ1) is 13.8. The summed E-state index contributed by atoms with van der Waals surface area (Å²) in [6.45, 7) is 8.66. The van der Waals surface area contributed by atoms with Gasteiger partial charge >= 0.3 is 0 Å².